The summed E-state index contributed by atoms with van der Waals surface area (Å²) < 4.78 is 0. The summed E-state index contributed by atoms with van der Waals surface area (Å²) in [7, 11) is 0. The Morgan fingerprint density at radius 2 is 1.95 bits per heavy atom. The summed E-state index contributed by atoms with van der Waals surface area (Å²) in [5.74, 6) is 0.258. The number of likely N-dealkylation sites (tertiary alicyclic amines) is 2. The number of rotatable bonds is 3. The van der Waals surface area contributed by atoms with Gasteiger partial charge < -0.3 is 15.1 Å². The average molecular weight is 317 g/mol. The second-order valence-corrected chi connectivity index (χ2v) is 5.99. The van der Waals surface area contributed by atoms with Crippen LogP contribution in [0.1, 0.15) is 19.3 Å². The molecule has 0 saturated carbocycles. The molecule has 0 aromatic carbocycles. The third-order valence-corrected chi connectivity index (χ3v) is 4.68. The second-order valence-electron chi connectivity index (χ2n) is 5.99. The number of amides is 2. The molecule has 3 fully saturated rings. The van der Waals surface area contributed by atoms with Gasteiger partial charge in [-0.25, -0.2) is 0 Å². The third-order valence-electron chi connectivity index (χ3n) is 4.68. The van der Waals surface area contributed by atoms with E-state index in [1.54, 1.807) is 4.90 Å². The largest absolute Gasteiger partial charge is 0.340 e. The molecule has 3 aliphatic rings. The van der Waals surface area contributed by atoms with E-state index < -0.39 is 0 Å². The molecular weight excluding hydrogens is 292 g/mol. The molecule has 1 unspecified atom stereocenters. The van der Waals surface area contributed by atoms with E-state index in [1.807, 2.05) is 4.90 Å². The van der Waals surface area contributed by atoms with E-state index in [9.17, 15) is 9.59 Å². The van der Waals surface area contributed by atoms with Gasteiger partial charge in [-0.2, -0.15) is 0 Å². The van der Waals surface area contributed by atoms with Gasteiger partial charge >= 0.3 is 0 Å². The molecule has 6 nitrogen and oxygen atoms in total. The first-order valence-electron chi connectivity index (χ1n) is 7.74. The van der Waals surface area contributed by atoms with Crippen molar-refractivity contribution in [3.8, 4) is 0 Å². The molecular formula is C14H25ClN4O2. The van der Waals surface area contributed by atoms with Crippen molar-refractivity contribution < 1.29 is 9.59 Å². The lowest BCUT2D eigenvalue weighted by atomic mass is 10.2. The molecule has 120 valence electrons. The second kappa shape index (κ2) is 7.42. The van der Waals surface area contributed by atoms with Crippen LogP contribution in [0.3, 0.4) is 0 Å². The number of nitrogens with zero attached hydrogens (tertiary/aromatic N) is 3. The van der Waals surface area contributed by atoms with E-state index in [4.69, 9.17) is 0 Å². The van der Waals surface area contributed by atoms with Crippen molar-refractivity contribution in [1.29, 1.82) is 0 Å². The standard InChI is InChI=1S/C14H24N4O2.ClH/c19-13-2-1-6-17(13)11-14(20)18-7-3-12(10-18)16-8-4-15-5-9-16;/h12,15H,1-11H2;1H. The number of halogens is 1. The molecule has 3 saturated heterocycles. The van der Waals surface area contributed by atoms with Crippen molar-refractivity contribution >= 4 is 24.2 Å². The van der Waals surface area contributed by atoms with Crippen LogP contribution in [-0.4, -0.2) is 84.9 Å². The smallest absolute Gasteiger partial charge is 0.242 e. The van der Waals surface area contributed by atoms with Gasteiger partial charge in [0.15, 0.2) is 0 Å². The first-order valence-corrected chi connectivity index (χ1v) is 7.74. The van der Waals surface area contributed by atoms with Gasteiger partial charge in [-0.05, 0) is 12.8 Å². The minimum absolute atomic E-state index is 0. The minimum Gasteiger partial charge on any atom is -0.340 e. The molecule has 1 N–H and O–H groups in total. The maximum absolute atomic E-state index is 12.3. The van der Waals surface area contributed by atoms with E-state index in [0.29, 0.717) is 12.5 Å². The van der Waals surface area contributed by atoms with Gasteiger partial charge in [0.05, 0.1) is 6.54 Å². The summed E-state index contributed by atoms with van der Waals surface area (Å²) in [5.41, 5.74) is 0. The van der Waals surface area contributed by atoms with Gasteiger partial charge in [-0.3, -0.25) is 14.5 Å². The lowest BCUT2D eigenvalue weighted by Crippen LogP contribution is -2.49. The fourth-order valence-corrected chi connectivity index (χ4v) is 3.45. The van der Waals surface area contributed by atoms with E-state index in [0.717, 1.165) is 58.7 Å². The highest BCUT2D eigenvalue weighted by Crippen LogP contribution is 2.17. The molecule has 7 heteroatoms. The maximum atomic E-state index is 12.3. The average Bonchev–Trinajstić information content (AvgIpc) is 3.10. The molecule has 0 bridgehead atoms. The number of hydrogen-bond donors (Lipinski definition) is 1. The van der Waals surface area contributed by atoms with Crippen LogP contribution < -0.4 is 5.32 Å². The molecule has 0 spiro atoms. The van der Waals surface area contributed by atoms with Crippen molar-refractivity contribution in [2.75, 3.05) is 52.4 Å². The quantitative estimate of drug-likeness (QED) is 0.765. The highest BCUT2D eigenvalue weighted by molar-refractivity contribution is 5.86. The first-order chi connectivity index (χ1) is 9.74. The molecule has 1 atom stereocenters. The number of piperazine rings is 1. The van der Waals surface area contributed by atoms with E-state index in [-0.39, 0.29) is 30.8 Å². The minimum atomic E-state index is 0. The van der Waals surface area contributed by atoms with Crippen molar-refractivity contribution in [3.63, 3.8) is 0 Å². The molecule has 0 aliphatic carbocycles. The van der Waals surface area contributed by atoms with E-state index in [1.165, 1.54) is 0 Å². The van der Waals surface area contributed by atoms with Crippen molar-refractivity contribution in [2.45, 2.75) is 25.3 Å². The van der Waals surface area contributed by atoms with E-state index >= 15 is 0 Å². The van der Waals surface area contributed by atoms with Crippen LogP contribution in [0.15, 0.2) is 0 Å². The Kier molecular flexibility index (Phi) is 5.84. The van der Waals surface area contributed by atoms with Crippen molar-refractivity contribution in [3.05, 3.63) is 0 Å². The summed E-state index contributed by atoms with van der Waals surface area (Å²) in [6, 6.07) is 0.510. The lowest BCUT2D eigenvalue weighted by Gasteiger charge is -2.32. The zero-order valence-electron chi connectivity index (χ0n) is 12.4. The lowest BCUT2D eigenvalue weighted by molar-refractivity contribution is -0.137. The molecule has 0 aromatic rings. The van der Waals surface area contributed by atoms with Gasteiger partial charge in [0.2, 0.25) is 11.8 Å². The van der Waals surface area contributed by atoms with E-state index in [2.05, 4.69) is 10.2 Å². The van der Waals surface area contributed by atoms with Crippen LogP contribution in [0.25, 0.3) is 0 Å². The zero-order valence-corrected chi connectivity index (χ0v) is 13.2. The molecule has 2 amide bonds. The molecule has 21 heavy (non-hydrogen) atoms. The number of hydrogen-bond acceptors (Lipinski definition) is 4. The van der Waals surface area contributed by atoms with Crippen LogP contribution in [-0.2, 0) is 9.59 Å². The Morgan fingerprint density at radius 3 is 2.62 bits per heavy atom. The predicted molar refractivity (Wildman–Crippen MR) is 82.5 cm³/mol. The fraction of sp³-hybridized carbons (Fsp3) is 0.857. The number of carbonyl (C=O) groups excluding carboxylic acids is 2. The Morgan fingerprint density at radius 1 is 1.19 bits per heavy atom. The Balaban J connectivity index is 0.00000161. The van der Waals surface area contributed by atoms with Crippen LogP contribution >= 0.6 is 12.4 Å². The fourth-order valence-electron chi connectivity index (χ4n) is 3.45. The highest BCUT2D eigenvalue weighted by Gasteiger charge is 2.32. The molecule has 0 radical (unpaired) electrons. The Labute approximate surface area is 132 Å². The number of nitrogens with one attached hydrogen (secondary N) is 1. The molecule has 3 aliphatic heterocycles. The predicted octanol–water partition coefficient (Wildman–Crippen LogP) is -0.463. The summed E-state index contributed by atoms with van der Waals surface area (Å²) in [6.45, 7) is 6.97. The Hall–Kier alpha value is -0.850. The van der Waals surface area contributed by atoms with Gasteiger partial charge in [-0.1, -0.05) is 0 Å². The highest BCUT2D eigenvalue weighted by atomic mass is 35.5. The SMILES string of the molecule is Cl.O=C1CCCN1CC(=O)N1CCC(N2CCNCC2)C1. The molecule has 3 rings (SSSR count). The number of carbonyl (C=O) groups is 2. The first kappa shape index (κ1) is 16.5. The topological polar surface area (TPSA) is 55.9 Å². The Bertz CT molecular complexity index is 387. The maximum Gasteiger partial charge on any atom is 0.242 e. The summed E-state index contributed by atoms with van der Waals surface area (Å²) >= 11 is 0. The molecule has 3 heterocycles. The normalized spacial score (nSPS) is 27.0. The van der Waals surface area contributed by atoms with Crippen molar-refractivity contribution in [2.24, 2.45) is 0 Å². The van der Waals surface area contributed by atoms with Gasteiger partial charge in [0.1, 0.15) is 0 Å². The zero-order chi connectivity index (χ0) is 13.9. The summed E-state index contributed by atoms with van der Waals surface area (Å²) in [4.78, 5) is 30.0. The van der Waals surface area contributed by atoms with Crippen LogP contribution in [0.4, 0.5) is 0 Å². The van der Waals surface area contributed by atoms with Gasteiger partial charge in [-0.15, -0.1) is 12.4 Å². The van der Waals surface area contributed by atoms with Crippen LogP contribution in [0.2, 0.25) is 0 Å². The van der Waals surface area contributed by atoms with Crippen LogP contribution in [0.5, 0.6) is 0 Å². The van der Waals surface area contributed by atoms with Crippen LogP contribution in [0, 0.1) is 0 Å². The van der Waals surface area contributed by atoms with Gasteiger partial charge in [0, 0.05) is 58.3 Å². The third kappa shape index (κ3) is 3.87. The van der Waals surface area contributed by atoms with Gasteiger partial charge in [0.25, 0.3) is 0 Å². The molecule has 0 aromatic heterocycles. The summed E-state index contributed by atoms with van der Waals surface area (Å²) in [5, 5.41) is 3.36. The van der Waals surface area contributed by atoms with Crippen molar-refractivity contribution in [1.82, 2.24) is 20.0 Å². The monoisotopic (exact) mass is 316 g/mol. The summed E-state index contributed by atoms with van der Waals surface area (Å²) in [6.07, 6.45) is 2.58.